The van der Waals surface area contributed by atoms with E-state index in [4.69, 9.17) is 0 Å². The van der Waals surface area contributed by atoms with Crippen LogP contribution in [0, 0.1) is 0 Å². The Kier molecular flexibility index (Phi) is 1.21. The summed E-state index contributed by atoms with van der Waals surface area (Å²) in [4.78, 5) is 0. The Bertz CT molecular complexity index is 392. The van der Waals surface area contributed by atoms with E-state index >= 15 is 0 Å². The summed E-state index contributed by atoms with van der Waals surface area (Å²) in [5.74, 6) is 0. The van der Waals surface area contributed by atoms with Gasteiger partial charge in [0.05, 0.1) is 0 Å². The van der Waals surface area contributed by atoms with Crippen molar-refractivity contribution in [3.8, 4) is 0 Å². The maximum absolute atomic E-state index is 3.39. The van der Waals surface area contributed by atoms with Crippen LogP contribution in [0.2, 0.25) is 0 Å². The third-order valence-corrected chi connectivity index (χ3v) is 3.27. The fraction of sp³-hybridized carbons (Fsp3) is 0.200. The Morgan fingerprint density at radius 1 is 1.33 bits per heavy atom. The Morgan fingerprint density at radius 3 is 3.33 bits per heavy atom. The second-order valence-electron chi connectivity index (χ2n) is 3.14. The summed E-state index contributed by atoms with van der Waals surface area (Å²) >= 11 is 1.83. The van der Waals surface area contributed by atoms with Gasteiger partial charge in [-0.25, -0.2) is 0 Å². The van der Waals surface area contributed by atoms with Crippen LogP contribution >= 0.6 is 11.3 Å². The molecule has 0 amide bonds. The number of fused-ring (bicyclic) bond motifs is 2. The van der Waals surface area contributed by atoms with Gasteiger partial charge in [0.15, 0.2) is 0 Å². The van der Waals surface area contributed by atoms with Gasteiger partial charge in [-0.2, -0.15) is 0 Å². The third-order valence-electron chi connectivity index (χ3n) is 2.39. The molecule has 1 aromatic carbocycles. The highest BCUT2D eigenvalue weighted by Gasteiger charge is 2.10. The second-order valence-corrected chi connectivity index (χ2v) is 4.09. The van der Waals surface area contributed by atoms with Crippen molar-refractivity contribution in [3.63, 3.8) is 0 Å². The average molecular weight is 175 g/mol. The molecule has 2 heterocycles. The van der Waals surface area contributed by atoms with Gasteiger partial charge in [-0.1, -0.05) is 0 Å². The summed E-state index contributed by atoms with van der Waals surface area (Å²) in [6.07, 6.45) is 1.18. The fourth-order valence-corrected chi connectivity index (χ4v) is 2.59. The quantitative estimate of drug-likeness (QED) is 0.649. The number of nitrogens with one attached hydrogen (secondary N) is 1. The molecule has 0 fully saturated rings. The standard InChI is InChI=1S/C10H9NS/c1-3-11-9-5-8-2-4-12-10(8)6-7(1)9/h2,4-6,11H,1,3H2. The van der Waals surface area contributed by atoms with E-state index in [9.17, 15) is 0 Å². The minimum absolute atomic E-state index is 1.10. The third kappa shape index (κ3) is 0.786. The summed E-state index contributed by atoms with van der Waals surface area (Å²) in [6, 6.07) is 6.75. The van der Waals surface area contributed by atoms with E-state index in [0.29, 0.717) is 0 Å². The minimum atomic E-state index is 1.10. The van der Waals surface area contributed by atoms with Crippen LogP contribution in [0.4, 0.5) is 5.69 Å². The minimum Gasteiger partial charge on any atom is -0.384 e. The zero-order valence-electron chi connectivity index (χ0n) is 6.63. The number of hydrogen-bond donors (Lipinski definition) is 1. The lowest BCUT2D eigenvalue weighted by Crippen LogP contribution is -1.90. The molecule has 2 aromatic rings. The maximum atomic E-state index is 3.39. The summed E-state index contributed by atoms with van der Waals surface area (Å²) in [5, 5.41) is 6.91. The lowest BCUT2D eigenvalue weighted by Gasteiger charge is -1.98. The van der Waals surface area contributed by atoms with E-state index in [1.54, 1.807) is 0 Å². The van der Waals surface area contributed by atoms with Crippen molar-refractivity contribution in [1.82, 2.24) is 0 Å². The average Bonchev–Trinajstić information content (AvgIpc) is 2.64. The normalized spacial score (nSPS) is 14.7. The molecule has 0 aliphatic carbocycles. The summed E-state index contributed by atoms with van der Waals surface area (Å²) in [5.41, 5.74) is 2.81. The molecular formula is C10H9NS. The lowest BCUT2D eigenvalue weighted by atomic mass is 10.1. The van der Waals surface area contributed by atoms with Crippen LogP contribution in [0.1, 0.15) is 5.56 Å². The Morgan fingerprint density at radius 2 is 2.33 bits per heavy atom. The largest absolute Gasteiger partial charge is 0.384 e. The molecule has 0 bridgehead atoms. The zero-order chi connectivity index (χ0) is 7.97. The Hall–Kier alpha value is -1.02. The van der Waals surface area contributed by atoms with E-state index in [2.05, 4.69) is 28.9 Å². The van der Waals surface area contributed by atoms with Gasteiger partial charge in [-0.05, 0) is 40.9 Å². The van der Waals surface area contributed by atoms with Gasteiger partial charge >= 0.3 is 0 Å². The van der Waals surface area contributed by atoms with Crippen molar-refractivity contribution in [2.75, 3.05) is 11.9 Å². The number of anilines is 1. The second kappa shape index (κ2) is 2.23. The molecule has 1 nitrogen and oxygen atoms in total. The molecule has 0 radical (unpaired) electrons. The van der Waals surface area contributed by atoms with Crippen LogP contribution in [-0.2, 0) is 6.42 Å². The van der Waals surface area contributed by atoms with E-state index in [1.807, 2.05) is 11.3 Å². The molecule has 3 rings (SSSR count). The molecule has 0 saturated heterocycles. The van der Waals surface area contributed by atoms with Crippen LogP contribution in [0.25, 0.3) is 10.1 Å². The van der Waals surface area contributed by atoms with Crippen molar-refractivity contribution in [2.24, 2.45) is 0 Å². The first-order valence-corrected chi connectivity index (χ1v) is 5.05. The Labute approximate surface area is 75.0 Å². The first-order valence-electron chi connectivity index (χ1n) is 4.17. The molecule has 1 aliphatic rings. The monoisotopic (exact) mass is 175 g/mol. The predicted octanol–water partition coefficient (Wildman–Crippen LogP) is 2.87. The summed E-state index contributed by atoms with van der Waals surface area (Å²) in [6.45, 7) is 1.10. The van der Waals surface area contributed by atoms with Crippen LogP contribution in [0.5, 0.6) is 0 Å². The number of benzene rings is 1. The van der Waals surface area contributed by atoms with E-state index < -0.39 is 0 Å². The molecule has 0 saturated carbocycles. The number of hydrogen-bond acceptors (Lipinski definition) is 2. The zero-order valence-corrected chi connectivity index (χ0v) is 7.45. The molecule has 60 valence electrons. The SMILES string of the molecule is c1cc2cc3c(cc2s1)CCN3. The summed E-state index contributed by atoms with van der Waals surface area (Å²) < 4.78 is 1.41. The molecule has 1 aliphatic heterocycles. The molecule has 2 heteroatoms. The smallest absolute Gasteiger partial charge is 0.0380 e. The van der Waals surface area contributed by atoms with Crippen LogP contribution in [0.3, 0.4) is 0 Å². The van der Waals surface area contributed by atoms with Crippen molar-refractivity contribution >= 4 is 27.1 Å². The van der Waals surface area contributed by atoms with E-state index in [1.165, 1.54) is 27.8 Å². The van der Waals surface area contributed by atoms with Gasteiger partial charge in [0, 0.05) is 16.9 Å². The van der Waals surface area contributed by atoms with Crippen molar-refractivity contribution < 1.29 is 0 Å². The number of rotatable bonds is 0. The molecule has 1 N–H and O–H groups in total. The highest BCUT2D eigenvalue weighted by Crippen LogP contribution is 2.30. The van der Waals surface area contributed by atoms with Crippen molar-refractivity contribution in [1.29, 1.82) is 0 Å². The van der Waals surface area contributed by atoms with Gasteiger partial charge in [-0.3, -0.25) is 0 Å². The molecule has 12 heavy (non-hydrogen) atoms. The van der Waals surface area contributed by atoms with Gasteiger partial charge in [0.2, 0.25) is 0 Å². The first kappa shape index (κ1) is 6.49. The van der Waals surface area contributed by atoms with Crippen molar-refractivity contribution in [2.45, 2.75) is 6.42 Å². The molecule has 1 aromatic heterocycles. The molecule has 0 unspecified atom stereocenters. The number of thiophene rings is 1. The molecule has 0 atom stereocenters. The first-order chi connectivity index (χ1) is 5.93. The van der Waals surface area contributed by atoms with Gasteiger partial charge < -0.3 is 5.32 Å². The van der Waals surface area contributed by atoms with Crippen LogP contribution in [0.15, 0.2) is 23.6 Å². The highest BCUT2D eigenvalue weighted by atomic mass is 32.1. The lowest BCUT2D eigenvalue weighted by molar-refractivity contribution is 1.11. The fourth-order valence-electron chi connectivity index (χ4n) is 1.75. The Balaban J connectivity index is 2.38. The van der Waals surface area contributed by atoms with Crippen LogP contribution in [-0.4, -0.2) is 6.54 Å². The van der Waals surface area contributed by atoms with E-state index in [0.717, 1.165) is 6.54 Å². The van der Waals surface area contributed by atoms with Crippen molar-refractivity contribution in [3.05, 3.63) is 29.1 Å². The van der Waals surface area contributed by atoms with Gasteiger partial charge in [0.1, 0.15) is 0 Å². The maximum Gasteiger partial charge on any atom is 0.0380 e. The predicted molar refractivity (Wildman–Crippen MR) is 54.0 cm³/mol. The molecule has 0 spiro atoms. The topological polar surface area (TPSA) is 12.0 Å². The van der Waals surface area contributed by atoms with Gasteiger partial charge in [0.25, 0.3) is 0 Å². The van der Waals surface area contributed by atoms with Gasteiger partial charge in [-0.15, -0.1) is 11.3 Å². The highest BCUT2D eigenvalue weighted by molar-refractivity contribution is 7.17. The molecular weight excluding hydrogens is 166 g/mol. The summed E-state index contributed by atoms with van der Waals surface area (Å²) in [7, 11) is 0. The van der Waals surface area contributed by atoms with E-state index in [-0.39, 0.29) is 0 Å². The van der Waals surface area contributed by atoms with Crippen LogP contribution < -0.4 is 5.32 Å².